The van der Waals surface area contributed by atoms with Crippen molar-refractivity contribution in [1.29, 1.82) is 0 Å². The third-order valence-corrected chi connectivity index (χ3v) is 2.77. The summed E-state index contributed by atoms with van der Waals surface area (Å²) in [7, 11) is 1.78. The molecule has 0 spiro atoms. The van der Waals surface area contributed by atoms with Crippen molar-refractivity contribution in [3.8, 4) is 0 Å². The molecule has 1 saturated carbocycles. The molecule has 5 heteroatoms. The van der Waals surface area contributed by atoms with Gasteiger partial charge in [0.15, 0.2) is 5.96 Å². The van der Waals surface area contributed by atoms with Crippen LogP contribution >= 0.6 is 0 Å². The van der Waals surface area contributed by atoms with E-state index < -0.39 is 0 Å². The van der Waals surface area contributed by atoms with Gasteiger partial charge in [0, 0.05) is 40.0 Å². The van der Waals surface area contributed by atoms with Crippen molar-refractivity contribution in [1.82, 2.24) is 10.6 Å². The maximum atomic E-state index is 5.57. The van der Waals surface area contributed by atoms with Crippen LogP contribution in [0.25, 0.3) is 0 Å². The highest BCUT2D eigenvalue weighted by Crippen LogP contribution is 2.28. The molecule has 0 bridgehead atoms. The van der Waals surface area contributed by atoms with Gasteiger partial charge in [-0.3, -0.25) is 4.99 Å². The van der Waals surface area contributed by atoms with E-state index in [1.807, 2.05) is 6.92 Å². The zero-order valence-corrected chi connectivity index (χ0v) is 11.7. The summed E-state index contributed by atoms with van der Waals surface area (Å²) < 4.78 is 10.8. The van der Waals surface area contributed by atoms with E-state index in [-0.39, 0.29) is 0 Å². The number of rotatable bonds is 10. The van der Waals surface area contributed by atoms with Gasteiger partial charge >= 0.3 is 0 Å². The number of aliphatic imine (C=N–C) groups is 1. The molecule has 0 unspecified atom stereocenters. The lowest BCUT2D eigenvalue weighted by Gasteiger charge is -2.11. The van der Waals surface area contributed by atoms with Gasteiger partial charge in [-0.2, -0.15) is 0 Å². The molecule has 1 aliphatic carbocycles. The normalized spacial score (nSPS) is 15.8. The Morgan fingerprint density at radius 1 is 1.17 bits per heavy atom. The summed E-state index contributed by atoms with van der Waals surface area (Å²) in [4.78, 5) is 4.14. The van der Waals surface area contributed by atoms with E-state index in [1.54, 1.807) is 7.05 Å². The Bertz CT molecular complexity index is 230. The number of nitrogens with one attached hydrogen (secondary N) is 2. The van der Waals surface area contributed by atoms with E-state index in [4.69, 9.17) is 9.47 Å². The standard InChI is InChI=1S/C13H27N3O2/c1-3-17-10-8-16-13(14-2)15-7-4-9-18-11-12-5-6-12/h12H,3-11H2,1-2H3,(H2,14,15,16). The second kappa shape index (κ2) is 10.1. The predicted molar refractivity (Wildman–Crippen MR) is 74.0 cm³/mol. The van der Waals surface area contributed by atoms with Crippen molar-refractivity contribution in [2.45, 2.75) is 26.2 Å². The van der Waals surface area contributed by atoms with Gasteiger partial charge in [-0.05, 0) is 32.1 Å². The molecule has 1 rings (SSSR count). The van der Waals surface area contributed by atoms with Gasteiger partial charge in [0.1, 0.15) is 0 Å². The van der Waals surface area contributed by atoms with Gasteiger partial charge in [-0.15, -0.1) is 0 Å². The first-order chi connectivity index (χ1) is 8.86. The fraction of sp³-hybridized carbons (Fsp3) is 0.923. The van der Waals surface area contributed by atoms with Gasteiger partial charge in [0.2, 0.25) is 0 Å². The van der Waals surface area contributed by atoms with Crippen LogP contribution < -0.4 is 10.6 Å². The summed E-state index contributed by atoms with van der Waals surface area (Å²) in [6.45, 7) is 6.91. The Hall–Kier alpha value is -0.810. The number of nitrogens with zero attached hydrogens (tertiary/aromatic N) is 1. The summed E-state index contributed by atoms with van der Waals surface area (Å²) in [6.07, 6.45) is 3.72. The lowest BCUT2D eigenvalue weighted by molar-refractivity contribution is 0.123. The Labute approximate surface area is 110 Å². The van der Waals surface area contributed by atoms with Crippen LogP contribution in [0.4, 0.5) is 0 Å². The monoisotopic (exact) mass is 257 g/mol. The smallest absolute Gasteiger partial charge is 0.191 e. The Morgan fingerprint density at radius 3 is 2.61 bits per heavy atom. The number of guanidine groups is 1. The fourth-order valence-electron chi connectivity index (χ4n) is 1.52. The molecule has 0 aromatic heterocycles. The molecule has 1 aliphatic rings. The third-order valence-electron chi connectivity index (χ3n) is 2.77. The summed E-state index contributed by atoms with van der Waals surface area (Å²) in [5.41, 5.74) is 0. The highest BCUT2D eigenvalue weighted by Gasteiger charge is 2.20. The molecule has 0 aliphatic heterocycles. The first kappa shape index (κ1) is 15.2. The molecule has 0 atom stereocenters. The van der Waals surface area contributed by atoms with Crippen LogP contribution in [0.15, 0.2) is 4.99 Å². The van der Waals surface area contributed by atoms with Gasteiger partial charge in [-0.25, -0.2) is 0 Å². The molecule has 0 aromatic carbocycles. The highest BCUT2D eigenvalue weighted by atomic mass is 16.5. The van der Waals surface area contributed by atoms with Crippen LogP contribution in [-0.2, 0) is 9.47 Å². The summed E-state index contributed by atoms with van der Waals surface area (Å²) in [6, 6.07) is 0. The highest BCUT2D eigenvalue weighted by molar-refractivity contribution is 5.79. The summed E-state index contributed by atoms with van der Waals surface area (Å²) in [5.74, 6) is 1.68. The van der Waals surface area contributed by atoms with E-state index in [0.717, 1.165) is 51.2 Å². The van der Waals surface area contributed by atoms with Crippen molar-refractivity contribution in [3.63, 3.8) is 0 Å². The Balaban J connectivity index is 1.87. The fourth-order valence-corrected chi connectivity index (χ4v) is 1.52. The van der Waals surface area contributed by atoms with Gasteiger partial charge < -0.3 is 20.1 Å². The minimum absolute atomic E-state index is 0.710. The van der Waals surface area contributed by atoms with Gasteiger partial charge in [-0.1, -0.05) is 0 Å². The SMILES string of the molecule is CCOCCNC(=NC)NCCCOCC1CC1. The maximum Gasteiger partial charge on any atom is 0.191 e. The van der Waals surface area contributed by atoms with Crippen molar-refractivity contribution in [3.05, 3.63) is 0 Å². The summed E-state index contributed by atoms with van der Waals surface area (Å²) >= 11 is 0. The third kappa shape index (κ3) is 8.31. The van der Waals surface area contributed by atoms with Crippen molar-refractivity contribution in [2.24, 2.45) is 10.9 Å². The molecular formula is C13H27N3O2. The van der Waals surface area contributed by atoms with Crippen molar-refractivity contribution < 1.29 is 9.47 Å². The van der Waals surface area contributed by atoms with Crippen LogP contribution in [0.5, 0.6) is 0 Å². The topological polar surface area (TPSA) is 54.9 Å². The second-order valence-electron chi connectivity index (χ2n) is 4.49. The molecule has 2 N–H and O–H groups in total. The lowest BCUT2D eigenvalue weighted by atomic mass is 10.4. The number of hydrogen-bond donors (Lipinski definition) is 2. The molecule has 106 valence electrons. The van der Waals surface area contributed by atoms with E-state index in [1.165, 1.54) is 12.8 Å². The van der Waals surface area contributed by atoms with Gasteiger partial charge in [0.25, 0.3) is 0 Å². The summed E-state index contributed by atoms with van der Waals surface area (Å²) in [5, 5.41) is 6.45. The Kier molecular flexibility index (Phi) is 8.59. The van der Waals surface area contributed by atoms with Crippen LogP contribution in [0.1, 0.15) is 26.2 Å². The molecule has 0 saturated heterocycles. The van der Waals surface area contributed by atoms with Crippen LogP contribution in [0.2, 0.25) is 0 Å². The molecule has 0 radical (unpaired) electrons. The van der Waals surface area contributed by atoms with Crippen molar-refractivity contribution >= 4 is 5.96 Å². The Morgan fingerprint density at radius 2 is 1.94 bits per heavy atom. The van der Waals surface area contributed by atoms with E-state index >= 15 is 0 Å². The van der Waals surface area contributed by atoms with E-state index in [2.05, 4.69) is 15.6 Å². The molecule has 0 aromatic rings. The van der Waals surface area contributed by atoms with Crippen LogP contribution in [0.3, 0.4) is 0 Å². The van der Waals surface area contributed by atoms with E-state index in [9.17, 15) is 0 Å². The minimum Gasteiger partial charge on any atom is -0.381 e. The second-order valence-corrected chi connectivity index (χ2v) is 4.49. The molecule has 0 amide bonds. The van der Waals surface area contributed by atoms with Gasteiger partial charge in [0.05, 0.1) is 6.61 Å². The van der Waals surface area contributed by atoms with Crippen LogP contribution in [0, 0.1) is 5.92 Å². The first-order valence-electron chi connectivity index (χ1n) is 6.96. The molecule has 18 heavy (non-hydrogen) atoms. The molecule has 1 fully saturated rings. The average molecular weight is 257 g/mol. The zero-order chi connectivity index (χ0) is 13.1. The average Bonchev–Trinajstić information content (AvgIpc) is 3.20. The minimum atomic E-state index is 0.710. The number of hydrogen-bond acceptors (Lipinski definition) is 3. The zero-order valence-electron chi connectivity index (χ0n) is 11.7. The quantitative estimate of drug-likeness (QED) is 0.348. The number of ether oxygens (including phenoxy) is 2. The molecule has 5 nitrogen and oxygen atoms in total. The van der Waals surface area contributed by atoms with E-state index in [0.29, 0.717) is 6.61 Å². The van der Waals surface area contributed by atoms with Crippen molar-refractivity contribution in [2.75, 3.05) is 46.6 Å². The predicted octanol–water partition coefficient (Wildman–Crippen LogP) is 1.00. The van der Waals surface area contributed by atoms with Crippen LogP contribution in [-0.4, -0.2) is 52.5 Å². The molecular weight excluding hydrogens is 230 g/mol. The first-order valence-corrected chi connectivity index (χ1v) is 6.96. The molecule has 0 heterocycles. The maximum absolute atomic E-state index is 5.57. The largest absolute Gasteiger partial charge is 0.381 e. The lowest BCUT2D eigenvalue weighted by Crippen LogP contribution is -2.39.